The molecular weight excluding hydrogens is 615 g/mol. The summed E-state index contributed by atoms with van der Waals surface area (Å²) in [6, 6.07) is 43.8. The van der Waals surface area contributed by atoms with E-state index in [1.807, 2.05) is 11.8 Å². The molecule has 3 nitrogen and oxygen atoms in total. The molecule has 6 aromatic carbocycles. The van der Waals surface area contributed by atoms with Gasteiger partial charge in [0.15, 0.2) is 0 Å². The number of rotatable bonds is 2. The lowest BCUT2D eigenvalue weighted by Crippen LogP contribution is -2.14. The molecule has 8 rings (SSSR count). The zero-order chi connectivity index (χ0) is 34.8. The molecule has 4 heteroatoms. The number of aryl methyl sites for hydroxylation is 7. The monoisotopic (exact) mass is 661 g/mol. The Kier molecular flexibility index (Phi) is 9.89. The van der Waals surface area contributed by atoms with Crippen LogP contribution in [0, 0.1) is 41.5 Å². The van der Waals surface area contributed by atoms with E-state index >= 15 is 0 Å². The highest BCUT2D eigenvalue weighted by Crippen LogP contribution is 2.47. The van der Waals surface area contributed by atoms with E-state index in [9.17, 15) is 0 Å². The van der Waals surface area contributed by atoms with Crippen molar-refractivity contribution in [1.29, 1.82) is 0 Å². The number of nitrogens with zero attached hydrogens (tertiary/aromatic N) is 3. The Hall–Kier alpha value is -4.93. The molecule has 0 amide bonds. The van der Waals surface area contributed by atoms with Crippen LogP contribution in [-0.2, 0) is 7.05 Å². The number of fused-ring (bicyclic) bond motifs is 5. The average Bonchev–Trinajstić information content (AvgIpc) is 3.35. The fourth-order valence-corrected chi connectivity index (χ4v) is 7.69. The minimum atomic E-state index is 1.22. The van der Waals surface area contributed by atoms with E-state index < -0.39 is 0 Å². The molecule has 248 valence electrons. The van der Waals surface area contributed by atoms with Gasteiger partial charge in [0, 0.05) is 64.1 Å². The van der Waals surface area contributed by atoms with Gasteiger partial charge in [0.05, 0.1) is 11.4 Å². The van der Waals surface area contributed by atoms with Gasteiger partial charge in [-0.05, 0) is 125 Å². The highest BCUT2D eigenvalue weighted by atomic mass is 32.2. The molecule has 0 N–H and O–H groups in total. The molecule has 2 heterocycles. The molecule has 1 aliphatic rings. The van der Waals surface area contributed by atoms with Crippen molar-refractivity contribution in [3.8, 4) is 0 Å². The van der Waals surface area contributed by atoms with Crippen LogP contribution in [0.25, 0.3) is 21.8 Å². The lowest BCUT2D eigenvalue weighted by molar-refractivity contribution is 1.01. The van der Waals surface area contributed by atoms with Gasteiger partial charge in [-0.15, -0.1) is 0 Å². The van der Waals surface area contributed by atoms with Crippen molar-refractivity contribution in [1.82, 2.24) is 4.57 Å². The Labute approximate surface area is 296 Å². The molecule has 0 aliphatic carbocycles. The smallest absolute Gasteiger partial charge is 0.0550 e. The van der Waals surface area contributed by atoms with Crippen LogP contribution in [0.3, 0.4) is 0 Å². The van der Waals surface area contributed by atoms with E-state index in [0.29, 0.717) is 0 Å². The Morgan fingerprint density at radius 1 is 0.429 bits per heavy atom. The summed E-state index contributed by atoms with van der Waals surface area (Å²) in [5, 5.41) is 2.72. The van der Waals surface area contributed by atoms with Crippen LogP contribution in [0.15, 0.2) is 131 Å². The maximum atomic E-state index is 2.28. The summed E-state index contributed by atoms with van der Waals surface area (Å²) < 4.78 is 2.27. The van der Waals surface area contributed by atoms with Crippen LogP contribution < -0.4 is 9.80 Å². The molecule has 0 saturated heterocycles. The van der Waals surface area contributed by atoms with Crippen LogP contribution in [0.2, 0.25) is 0 Å². The third-order valence-electron chi connectivity index (χ3n) is 9.33. The predicted octanol–water partition coefficient (Wildman–Crippen LogP) is 12.6. The quantitative estimate of drug-likeness (QED) is 0.183. The van der Waals surface area contributed by atoms with Gasteiger partial charge in [0.2, 0.25) is 0 Å². The largest absolute Gasteiger partial charge is 0.345 e. The van der Waals surface area contributed by atoms with Crippen molar-refractivity contribution in [2.24, 2.45) is 7.05 Å². The van der Waals surface area contributed by atoms with Crippen molar-refractivity contribution in [2.45, 2.75) is 51.3 Å². The first kappa shape index (κ1) is 34.0. The van der Waals surface area contributed by atoms with Gasteiger partial charge in [0.1, 0.15) is 0 Å². The van der Waals surface area contributed by atoms with Gasteiger partial charge < -0.3 is 14.4 Å². The minimum absolute atomic E-state index is 1.22. The molecule has 0 saturated carbocycles. The molecule has 0 spiro atoms. The van der Waals surface area contributed by atoms with Crippen molar-refractivity contribution in [2.75, 3.05) is 23.9 Å². The lowest BCUT2D eigenvalue weighted by Gasteiger charge is -2.29. The van der Waals surface area contributed by atoms with Gasteiger partial charge in [-0.3, -0.25) is 0 Å². The minimum Gasteiger partial charge on any atom is -0.345 e. The average molecular weight is 662 g/mol. The Bertz CT molecular complexity index is 2090. The van der Waals surface area contributed by atoms with Gasteiger partial charge in [-0.25, -0.2) is 0 Å². The molecule has 0 fully saturated rings. The summed E-state index contributed by atoms with van der Waals surface area (Å²) in [7, 11) is 6.37. The summed E-state index contributed by atoms with van der Waals surface area (Å²) in [6.07, 6.45) is 0. The molecule has 0 atom stereocenters. The van der Waals surface area contributed by atoms with Crippen LogP contribution in [0.1, 0.15) is 33.4 Å². The van der Waals surface area contributed by atoms with Crippen molar-refractivity contribution < 1.29 is 0 Å². The van der Waals surface area contributed by atoms with Crippen LogP contribution in [-0.4, -0.2) is 18.7 Å². The summed E-state index contributed by atoms with van der Waals surface area (Å²) in [4.78, 5) is 7.18. The normalized spacial score (nSPS) is 11.7. The number of aromatic nitrogens is 1. The second kappa shape index (κ2) is 14.3. The molecule has 0 radical (unpaired) electrons. The first-order valence-electron chi connectivity index (χ1n) is 16.9. The van der Waals surface area contributed by atoms with Gasteiger partial charge in [-0.2, -0.15) is 0 Å². The zero-order valence-corrected chi connectivity index (χ0v) is 31.1. The maximum Gasteiger partial charge on any atom is 0.0550 e. The van der Waals surface area contributed by atoms with E-state index in [1.54, 1.807) is 0 Å². The summed E-state index contributed by atoms with van der Waals surface area (Å²) in [5.41, 5.74) is 15.5. The van der Waals surface area contributed by atoms with E-state index in [2.05, 4.69) is 198 Å². The van der Waals surface area contributed by atoms with E-state index in [4.69, 9.17) is 0 Å². The van der Waals surface area contributed by atoms with E-state index in [1.165, 1.54) is 87.7 Å². The maximum absolute atomic E-state index is 2.28. The van der Waals surface area contributed by atoms with E-state index in [-0.39, 0.29) is 0 Å². The second-order valence-electron chi connectivity index (χ2n) is 13.4. The standard InChI is InChI=1S/C15H15NS.C15H15N.C15H17N/c1-10-4-6-12-14(8-10)17-15-9-11(2)5-7-13(15)16(12)3;1-10-4-6-14-12(8-10)13-9-11(2)5-7-15(13)16(14)3;1-12-4-8-14(9-5-12)16(3)15-10-6-13(2)7-11-15/h4-9H,1-3H3;4-9H,1-3H3;4-11H,1-3H3. The molecule has 1 aromatic heterocycles. The highest BCUT2D eigenvalue weighted by molar-refractivity contribution is 7.99. The fraction of sp³-hybridized carbons (Fsp3) is 0.200. The van der Waals surface area contributed by atoms with Gasteiger partial charge in [-0.1, -0.05) is 82.5 Å². The third-order valence-corrected chi connectivity index (χ3v) is 10.4. The Balaban J connectivity index is 0.000000128. The Morgan fingerprint density at radius 3 is 1.18 bits per heavy atom. The van der Waals surface area contributed by atoms with Crippen molar-refractivity contribution in [3.63, 3.8) is 0 Å². The van der Waals surface area contributed by atoms with E-state index in [0.717, 1.165) is 0 Å². The number of benzene rings is 6. The highest BCUT2D eigenvalue weighted by Gasteiger charge is 2.20. The molecule has 1 aliphatic heterocycles. The van der Waals surface area contributed by atoms with Crippen LogP contribution >= 0.6 is 11.8 Å². The van der Waals surface area contributed by atoms with Crippen molar-refractivity contribution in [3.05, 3.63) is 155 Å². The van der Waals surface area contributed by atoms with Crippen LogP contribution in [0.5, 0.6) is 0 Å². The lowest BCUT2D eigenvalue weighted by atomic mass is 10.1. The predicted molar refractivity (Wildman–Crippen MR) is 215 cm³/mol. The third kappa shape index (κ3) is 7.40. The van der Waals surface area contributed by atoms with Crippen LogP contribution in [0.4, 0.5) is 22.7 Å². The zero-order valence-electron chi connectivity index (χ0n) is 30.3. The Morgan fingerprint density at radius 2 is 0.776 bits per heavy atom. The summed E-state index contributed by atoms with van der Waals surface area (Å²) >= 11 is 1.87. The molecule has 0 unspecified atom stereocenters. The topological polar surface area (TPSA) is 11.4 Å². The number of anilines is 4. The summed E-state index contributed by atoms with van der Waals surface area (Å²) in [5.74, 6) is 0. The molecule has 7 aromatic rings. The molecule has 49 heavy (non-hydrogen) atoms. The van der Waals surface area contributed by atoms with Gasteiger partial charge in [0.25, 0.3) is 0 Å². The molecule has 0 bridgehead atoms. The molecular formula is C45H47N3S. The first-order chi connectivity index (χ1) is 23.5. The fourth-order valence-electron chi connectivity index (χ4n) is 6.34. The van der Waals surface area contributed by atoms with Crippen molar-refractivity contribution >= 4 is 56.3 Å². The number of hydrogen-bond donors (Lipinski definition) is 0. The first-order valence-corrected chi connectivity index (χ1v) is 17.8. The number of hydrogen-bond acceptors (Lipinski definition) is 3. The van der Waals surface area contributed by atoms with Gasteiger partial charge >= 0.3 is 0 Å². The SMILES string of the molecule is Cc1ccc(N(C)c2ccc(C)cc2)cc1.Cc1ccc2c(c1)Sc1cc(C)ccc1N2C.Cc1ccc2c(c1)c1cc(C)ccc1n2C. The summed E-state index contributed by atoms with van der Waals surface area (Å²) in [6.45, 7) is 12.8. The second-order valence-corrected chi connectivity index (χ2v) is 14.5.